The molecule has 1 aliphatic heterocycles. The zero-order valence-corrected chi connectivity index (χ0v) is 17.1. The monoisotopic (exact) mass is 434 g/mol. The summed E-state index contributed by atoms with van der Waals surface area (Å²) in [4.78, 5) is 20.3. The topological polar surface area (TPSA) is 48.5 Å². The van der Waals surface area contributed by atoms with Crippen LogP contribution in [-0.4, -0.2) is 41.5 Å². The summed E-state index contributed by atoms with van der Waals surface area (Å²) in [6, 6.07) is 4.95. The van der Waals surface area contributed by atoms with Gasteiger partial charge in [-0.3, -0.25) is 14.6 Å². The van der Waals surface area contributed by atoms with Gasteiger partial charge in [0.25, 0.3) is 0 Å². The van der Waals surface area contributed by atoms with Gasteiger partial charge >= 0.3 is 6.18 Å². The molecule has 3 rings (SSSR count). The van der Waals surface area contributed by atoms with Crippen LogP contribution in [0, 0.1) is 0 Å². The molecule has 5 nitrogen and oxygen atoms in total. The van der Waals surface area contributed by atoms with Gasteiger partial charge in [0.15, 0.2) is 5.13 Å². The maximum absolute atomic E-state index is 12.8. The van der Waals surface area contributed by atoms with Gasteiger partial charge in [-0.05, 0) is 31.2 Å². The van der Waals surface area contributed by atoms with Crippen LogP contribution >= 0.6 is 23.7 Å². The smallest absolute Gasteiger partial charge is 0.312 e. The summed E-state index contributed by atoms with van der Waals surface area (Å²) in [5.74, 6) is -0.300. The highest BCUT2D eigenvalue weighted by atomic mass is 35.5. The summed E-state index contributed by atoms with van der Waals surface area (Å²) in [7, 11) is 0. The van der Waals surface area contributed by atoms with Crippen molar-refractivity contribution in [3.63, 3.8) is 0 Å². The lowest BCUT2D eigenvalue weighted by molar-refractivity contribution is -0.137. The Bertz CT molecular complexity index is 797. The molecule has 0 aliphatic carbocycles. The molecular weight excluding hydrogens is 413 g/mol. The molecule has 0 unspecified atom stereocenters. The predicted molar refractivity (Wildman–Crippen MR) is 106 cm³/mol. The number of carbonyl (C=O) groups is 1. The first-order valence-electron chi connectivity index (χ1n) is 8.62. The number of thiazole rings is 1. The third-order valence-electron chi connectivity index (χ3n) is 4.34. The fourth-order valence-electron chi connectivity index (χ4n) is 3.08. The van der Waals surface area contributed by atoms with E-state index in [1.165, 1.54) is 35.3 Å². The fourth-order valence-corrected chi connectivity index (χ4v) is 3.96. The summed E-state index contributed by atoms with van der Waals surface area (Å²) >= 11 is 1.31. The predicted octanol–water partition coefficient (Wildman–Crippen LogP) is 4.06. The van der Waals surface area contributed by atoms with Gasteiger partial charge in [0.2, 0.25) is 5.91 Å². The van der Waals surface area contributed by atoms with Gasteiger partial charge in [0.1, 0.15) is 0 Å². The summed E-state index contributed by atoms with van der Waals surface area (Å²) in [6.45, 7) is 6.94. The van der Waals surface area contributed by atoms with Gasteiger partial charge in [-0.25, -0.2) is 4.98 Å². The van der Waals surface area contributed by atoms with E-state index in [1.807, 2.05) is 5.38 Å². The van der Waals surface area contributed by atoms with E-state index < -0.39 is 11.7 Å². The lowest BCUT2D eigenvalue weighted by Gasteiger charge is -2.31. The molecule has 1 atom stereocenters. The number of piperazine rings is 1. The van der Waals surface area contributed by atoms with Crippen molar-refractivity contribution in [2.75, 3.05) is 24.5 Å². The minimum atomic E-state index is -4.41. The number of hydrogen-bond donors (Lipinski definition) is 1. The number of amides is 1. The Kier molecular flexibility index (Phi) is 7.44. The maximum Gasteiger partial charge on any atom is 0.416 e. The molecule has 2 aromatic rings. The standard InChI is InChI=1S/C18H21F3N4OS.ClH/c1-12-9-24(8-7-22-12)10-15-11-27-17(23-15)25(13(2)26)16-5-3-14(4-6-16)18(19,20)21;/h3-6,11-12,22H,7-10H2,1-2H3;1H/t12-;/m0./s1. The van der Waals surface area contributed by atoms with E-state index in [-0.39, 0.29) is 18.3 Å². The maximum atomic E-state index is 12.8. The van der Waals surface area contributed by atoms with Crippen molar-refractivity contribution >= 4 is 40.5 Å². The van der Waals surface area contributed by atoms with Crippen LogP contribution in [0.5, 0.6) is 0 Å². The van der Waals surface area contributed by atoms with Crippen LogP contribution in [0.15, 0.2) is 29.6 Å². The van der Waals surface area contributed by atoms with Gasteiger partial charge in [-0.15, -0.1) is 23.7 Å². The van der Waals surface area contributed by atoms with Crippen LogP contribution in [0.2, 0.25) is 0 Å². The highest BCUT2D eigenvalue weighted by molar-refractivity contribution is 7.14. The van der Waals surface area contributed by atoms with Crippen molar-refractivity contribution in [2.24, 2.45) is 0 Å². The van der Waals surface area contributed by atoms with Crippen LogP contribution < -0.4 is 10.2 Å². The second kappa shape index (κ2) is 9.21. The molecule has 2 heterocycles. The zero-order chi connectivity index (χ0) is 19.6. The van der Waals surface area contributed by atoms with Crippen LogP contribution in [0.1, 0.15) is 25.1 Å². The first-order chi connectivity index (χ1) is 12.7. The van der Waals surface area contributed by atoms with Crippen LogP contribution in [0.25, 0.3) is 0 Å². The number of aromatic nitrogens is 1. The Morgan fingerprint density at radius 2 is 2.04 bits per heavy atom. The highest BCUT2D eigenvalue weighted by Crippen LogP contribution is 2.33. The molecule has 28 heavy (non-hydrogen) atoms. The van der Waals surface area contributed by atoms with E-state index in [0.29, 0.717) is 23.4 Å². The van der Waals surface area contributed by atoms with Crippen molar-refractivity contribution in [2.45, 2.75) is 32.6 Å². The lowest BCUT2D eigenvalue weighted by Crippen LogP contribution is -2.48. The van der Waals surface area contributed by atoms with Gasteiger partial charge in [-0.1, -0.05) is 0 Å². The Morgan fingerprint density at radius 3 is 2.61 bits per heavy atom. The van der Waals surface area contributed by atoms with E-state index in [4.69, 9.17) is 0 Å². The lowest BCUT2D eigenvalue weighted by atomic mass is 10.2. The third kappa shape index (κ3) is 5.44. The zero-order valence-electron chi connectivity index (χ0n) is 15.5. The molecule has 0 spiro atoms. The SMILES string of the molecule is CC(=O)N(c1ccc(C(F)(F)F)cc1)c1nc(CN2CCN[C@@H](C)C2)cs1.Cl. The third-order valence-corrected chi connectivity index (χ3v) is 5.21. The molecule has 10 heteroatoms. The molecule has 0 radical (unpaired) electrons. The molecular formula is C18H22ClF3N4OS. The van der Waals surface area contributed by atoms with E-state index >= 15 is 0 Å². The molecule has 1 aliphatic rings. The van der Waals surface area contributed by atoms with Gasteiger partial charge < -0.3 is 5.32 Å². The molecule has 1 aromatic heterocycles. The number of carbonyl (C=O) groups excluding carboxylic acids is 1. The minimum absolute atomic E-state index is 0. The Labute approximate surface area is 172 Å². The van der Waals surface area contributed by atoms with Crippen molar-refractivity contribution in [1.82, 2.24) is 15.2 Å². The highest BCUT2D eigenvalue weighted by Gasteiger charge is 2.30. The van der Waals surface area contributed by atoms with Crippen molar-refractivity contribution in [3.05, 3.63) is 40.9 Å². The summed E-state index contributed by atoms with van der Waals surface area (Å²) < 4.78 is 38.3. The van der Waals surface area contributed by atoms with E-state index in [9.17, 15) is 18.0 Å². The molecule has 1 fully saturated rings. The molecule has 1 amide bonds. The summed E-state index contributed by atoms with van der Waals surface area (Å²) in [5, 5.41) is 5.73. The second-order valence-electron chi connectivity index (χ2n) is 6.61. The fraction of sp³-hybridized carbons (Fsp3) is 0.444. The molecule has 154 valence electrons. The Morgan fingerprint density at radius 1 is 1.36 bits per heavy atom. The van der Waals surface area contributed by atoms with Crippen molar-refractivity contribution in [3.8, 4) is 0 Å². The number of nitrogens with one attached hydrogen (secondary N) is 1. The van der Waals surface area contributed by atoms with Crippen LogP contribution in [-0.2, 0) is 17.5 Å². The summed E-state index contributed by atoms with van der Waals surface area (Å²) in [5.41, 5.74) is 0.469. The van der Waals surface area contributed by atoms with Gasteiger partial charge in [0.05, 0.1) is 16.9 Å². The van der Waals surface area contributed by atoms with Gasteiger partial charge in [-0.2, -0.15) is 13.2 Å². The van der Waals surface area contributed by atoms with E-state index in [0.717, 1.165) is 37.5 Å². The number of hydrogen-bond acceptors (Lipinski definition) is 5. The number of rotatable bonds is 4. The molecule has 0 bridgehead atoms. The molecule has 1 N–H and O–H groups in total. The average molecular weight is 435 g/mol. The normalized spacial score (nSPS) is 17.8. The first-order valence-corrected chi connectivity index (χ1v) is 9.50. The molecule has 0 saturated carbocycles. The van der Waals surface area contributed by atoms with E-state index in [2.05, 4.69) is 22.1 Å². The van der Waals surface area contributed by atoms with Crippen LogP contribution in [0.3, 0.4) is 0 Å². The largest absolute Gasteiger partial charge is 0.416 e. The summed E-state index contributed by atoms with van der Waals surface area (Å²) in [6.07, 6.45) is -4.41. The molecule has 1 aromatic carbocycles. The minimum Gasteiger partial charge on any atom is -0.312 e. The first kappa shape index (κ1) is 22.6. The Hall–Kier alpha value is -1.68. The number of alkyl halides is 3. The van der Waals surface area contributed by atoms with Gasteiger partial charge in [0, 0.05) is 44.5 Å². The van der Waals surface area contributed by atoms with Crippen LogP contribution in [0.4, 0.5) is 24.0 Å². The Balaban J connectivity index is 0.00000280. The quantitative estimate of drug-likeness (QED) is 0.788. The number of nitrogens with zero attached hydrogens (tertiary/aromatic N) is 3. The number of benzene rings is 1. The number of halogens is 4. The average Bonchev–Trinajstić information content (AvgIpc) is 3.02. The molecule has 1 saturated heterocycles. The van der Waals surface area contributed by atoms with E-state index in [1.54, 1.807) is 0 Å². The van der Waals surface area contributed by atoms with Crippen molar-refractivity contribution < 1.29 is 18.0 Å². The van der Waals surface area contributed by atoms with Crippen molar-refractivity contribution in [1.29, 1.82) is 0 Å². The number of anilines is 2. The second-order valence-corrected chi connectivity index (χ2v) is 7.45.